The molecule has 0 spiro atoms. The van der Waals surface area contributed by atoms with Gasteiger partial charge in [0, 0.05) is 35.6 Å². The Bertz CT molecular complexity index is 1150. The fraction of sp³-hybridized carbons (Fsp3) is 0.333. The maximum Gasteiger partial charge on any atom is 0.511 e. The fourth-order valence-electron chi connectivity index (χ4n) is 2.84. The summed E-state index contributed by atoms with van der Waals surface area (Å²) >= 11 is 1.14. The van der Waals surface area contributed by atoms with Crippen molar-refractivity contribution in [1.29, 1.82) is 0 Å². The van der Waals surface area contributed by atoms with Crippen LogP contribution in [0.4, 0.5) is 10.5 Å². The van der Waals surface area contributed by atoms with Gasteiger partial charge in [0.05, 0.1) is 23.7 Å². The number of methoxy groups -OCH3 is 1. The van der Waals surface area contributed by atoms with E-state index < -0.39 is 32.9 Å². The van der Waals surface area contributed by atoms with E-state index in [0.29, 0.717) is 11.5 Å². The maximum atomic E-state index is 12.7. The molecule has 13 heteroatoms. The minimum absolute atomic E-state index is 0.0141. The first-order valence-corrected chi connectivity index (χ1v) is 12.6. The van der Waals surface area contributed by atoms with Gasteiger partial charge >= 0.3 is 6.16 Å². The highest BCUT2D eigenvalue weighted by molar-refractivity contribution is 8.13. The van der Waals surface area contributed by atoms with Gasteiger partial charge in [-0.15, -0.1) is 11.8 Å². The molecule has 0 fully saturated rings. The fourth-order valence-corrected chi connectivity index (χ4v) is 4.83. The lowest BCUT2D eigenvalue weighted by Crippen LogP contribution is -2.26. The second-order valence-electron chi connectivity index (χ2n) is 6.85. The molecule has 0 saturated carbocycles. The quantitative estimate of drug-likeness (QED) is 0.114. The lowest BCUT2D eigenvalue weighted by molar-refractivity contribution is -0.384. The Kier molecular flexibility index (Phi) is 9.83. The molecule has 0 saturated heterocycles. The number of aliphatic hydroxyl groups excluding tert-OH is 1. The maximum absolute atomic E-state index is 12.7. The van der Waals surface area contributed by atoms with Crippen molar-refractivity contribution in [2.75, 3.05) is 19.5 Å². The Labute approximate surface area is 200 Å². The van der Waals surface area contributed by atoms with Crippen LogP contribution in [0.5, 0.6) is 11.5 Å². The number of nitro benzene ring substituents is 1. The van der Waals surface area contributed by atoms with E-state index in [9.17, 15) is 28.4 Å². The second-order valence-corrected chi connectivity index (χ2v) is 10.3. The van der Waals surface area contributed by atoms with Crippen LogP contribution < -0.4 is 9.47 Å². The molecule has 0 aromatic heterocycles. The van der Waals surface area contributed by atoms with E-state index >= 15 is 0 Å². The summed E-state index contributed by atoms with van der Waals surface area (Å²) in [7, 11) is -2.29. The standard InChI is InChI=1S/C21H24N2O9S2/c1-3-34(29,30)20(11-15-10-16(23(27)28)6-9-18(15)32-21(25)26)22-19(12-24)33-13-14-4-7-17(31-2)8-5-14/h4-10,20,24H,3,11-13H2,1-2H3,(H,25,26)/t20-/m1/s1. The number of ether oxygens (including phenoxy) is 2. The van der Waals surface area contributed by atoms with Crippen LogP contribution in [-0.4, -0.2) is 59.6 Å². The van der Waals surface area contributed by atoms with Gasteiger partial charge in [0.1, 0.15) is 11.5 Å². The molecule has 2 rings (SSSR count). The van der Waals surface area contributed by atoms with Crippen molar-refractivity contribution in [3.8, 4) is 11.5 Å². The zero-order valence-corrected chi connectivity index (χ0v) is 20.0. The molecule has 11 nitrogen and oxygen atoms in total. The Morgan fingerprint density at radius 2 is 1.91 bits per heavy atom. The number of hydrogen-bond donors (Lipinski definition) is 2. The third kappa shape index (κ3) is 7.71. The molecular formula is C21H24N2O9S2. The van der Waals surface area contributed by atoms with Crippen LogP contribution in [0.15, 0.2) is 47.5 Å². The molecule has 0 unspecified atom stereocenters. The van der Waals surface area contributed by atoms with Gasteiger partial charge in [0.25, 0.3) is 5.69 Å². The minimum Gasteiger partial charge on any atom is -0.497 e. The van der Waals surface area contributed by atoms with Crippen LogP contribution in [0, 0.1) is 10.1 Å². The number of rotatable bonds is 11. The van der Waals surface area contributed by atoms with E-state index in [4.69, 9.17) is 9.84 Å². The molecule has 2 N–H and O–H groups in total. The normalized spacial score (nSPS) is 12.7. The van der Waals surface area contributed by atoms with Crippen LogP contribution in [0.25, 0.3) is 0 Å². The summed E-state index contributed by atoms with van der Waals surface area (Å²) in [6.45, 7) is 0.896. The first-order valence-electron chi connectivity index (χ1n) is 9.92. The van der Waals surface area contributed by atoms with Gasteiger partial charge in [-0.1, -0.05) is 19.1 Å². The van der Waals surface area contributed by atoms with Gasteiger partial charge in [0.2, 0.25) is 0 Å². The van der Waals surface area contributed by atoms with E-state index in [1.54, 1.807) is 19.2 Å². The van der Waals surface area contributed by atoms with Gasteiger partial charge in [-0.25, -0.2) is 13.2 Å². The van der Waals surface area contributed by atoms with E-state index in [1.165, 1.54) is 6.92 Å². The van der Waals surface area contributed by atoms with Gasteiger partial charge in [-0.3, -0.25) is 15.1 Å². The van der Waals surface area contributed by atoms with Crippen LogP contribution in [-0.2, 0) is 22.0 Å². The van der Waals surface area contributed by atoms with Gasteiger partial charge < -0.3 is 19.7 Å². The minimum atomic E-state index is -3.84. The third-order valence-corrected chi connectivity index (χ3v) is 7.60. The van der Waals surface area contributed by atoms with Crippen LogP contribution >= 0.6 is 11.8 Å². The van der Waals surface area contributed by atoms with Crippen molar-refractivity contribution in [2.45, 2.75) is 24.5 Å². The van der Waals surface area contributed by atoms with Crippen molar-refractivity contribution in [3.63, 3.8) is 0 Å². The van der Waals surface area contributed by atoms with Crippen molar-refractivity contribution in [1.82, 2.24) is 0 Å². The second kappa shape index (κ2) is 12.3. The van der Waals surface area contributed by atoms with Crippen LogP contribution in [0.3, 0.4) is 0 Å². The Morgan fingerprint density at radius 1 is 1.24 bits per heavy atom. The summed E-state index contributed by atoms with van der Waals surface area (Å²) in [4.78, 5) is 25.7. The number of hydrogen-bond acceptors (Lipinski definition) is 10. The molecule has 0 heterocycles. The number of benzene rings is 2. The largest absolute Gasteiger partial charge is 0.511 e. The molecule has 2 aromatic carbocycles. The molecule has 2 aromatic rings. The highest BCUT2D eigenvalue weighted by atomic mass is 32.2. The third-order valence-electron chi connectivity index (χ3n) is 4.65. The highest BCUT2D eigenvalue weighted by Crippen LogP contribution is 2.28. The number of nitrogens with zero attached hydrogens (tertiary/aromatic N) is 2. The van der Waals surface area contributed by atoms with E-state index in [-0.39, 0.29) is 34.2 Å². The molecular weight excluding hydrogens is 488 g/mol. The van der Waals surface area contributed by atoms with Gasteiger partial charge in [-0.2, -0.15) is 0 Å². The smallest absolute Gasteiger partial charge is 0.497 e. The summed E-state index contributed by atoms with van der Waals surface area (Å²) < 4.78 is 35.3. The summed E-state index contributed by atoms with van der Waals surface area (Å²) in [5.74, 6) is 0.552. The van der Waals surface area contributed by atoms with Crippen molar-refractivity contribution >= 4 is 38.5 Å². The predicted octanol–water partition coefficient (Wildman–Crippen LogP) is 3.29. The Balaban J connectivity index is 2.37. The zero-order valence-electron chi connectivity index (χ0n) is 18.4. The molecule has 184 valence electrons. The number of aliphatic imine (C=N–C) groups is 1. The van der Waals surface area contributed by atoms with Crippen molar-refractivity contribution in [2.24, 2.45) is 4.99 Å². The van der Waals surface area contributed by atoms with Crippen LogP contribution in [0.2, 0.25) is 0 Å². The van der Waals surface area contributed by atoms with Crippen molar-refractivity contribution in [3.05, 3.63) is 63.7 Å². The first kappa shape index (κ1) is 27.1. The molecule has 34 heavy (non-hydrogen) atoms. The average molecular weight is 513 g/mol. The van der Waals surface area contributed by atoms with Crippen LogP contribution in [0.1, 0.15) is 18.1 Å². The monoisotopic (exact) mass is 512 g/mol. The van der Waals surface area contributed by atoms with Gasteiger partial charge in [-0.05, 0) is 23.8 Å². The van der Waals surface area contributed by atoms with Crippen molar-refractivity contribution < 1.29 is 37.8 Å². The summed E-state index contributed by atoms with van der Waals surface area (Å²) in [6.07, 6.45) is -2.04. The number of sulfone groups is 1. The SMILES string of the molecule is CCS(=O)(=O)[C@H](Cc1cc([N+](=O)[O-])ccc1OC(=O)O)N=C(CO)SCc1ccc(OC)cc1. The number of nitro groups is 1. The van der Waals surface area contributed by atoms with E-state index in [2.05, 4.69) is 9.73 Å². The summed E-state index contributed by atoms with van der Waals surface area (Å²) in [5, 5.41) is 28.6. The average Bonchev–Trinajstić information content (AvgIpc) is 2.81. The summed E-state index contributed by atoms with van der Waals surface area (Å²) in [6, 6.07) is 10.4. The molecule has 0 amide bonds. The molecule has 0 aliphatic heterocycles. The molecule has 1 atom stereocenters. The lowest BCUT2D eigenvalue weighted by Gasteiger charge is -2.16. The number of carboxylic acid groups (broad SMARTS) is 1. The number of thioether (sulfide) groups is 1. The van der Waals surface area contributed by atoms with E-state index in [1.807, 2.05) is 12.1 Å². The number of non-ortho nitro benzene ring substituents is 1. The molecule has 0 bridgehead atoms. The van der Waals surface area contributed by atoms with E-state index in [0.717, 1.165) is 35.5 Å². The zero-order chi connectivity index (χ0) is 25.3. The molecule has 0 radical (unpaired) electrons. The molecule has 0 aliphatic rings. The lowest BCUT2D eigenvalue weighted by atomic mass is 10.1. The summed E-state index contributed by atoms with van der Waals surface area (Å²) in [5.41, 5.74) is 0.512. The highest BCUT2D eigenvalue weighted by Gasteiger charge is 2.27. The molecule has 0 aliphatic carbocycles. The van der Waals surface area contributed by atoms with Gasteiger partial charge in [0.15, 0.2) is 15.2 Å². The Morgan fingerprint density at radius 3 is 2.44 bits per heavy atom. The Hall–Kier alpha value is -3.16. The first-order chi connectivity index (χ1) is 16.1. The number of carbonyl (C=O) groups is 1. The number of aliphatic hydroxyl groups is 1. The predicted molar refractivity (Wildman–Crippen MR) is 128 cm³/mol. The topological polar surface area (TPSA) is 166 Å².